The number of alkyl halides is 3. The summed E-state index contributed by atoms with van der Waals surface area (Å²) < 4.78 is 38.9. The first-order chi connectivity index (χ1) is 8.41. The molecule has 0 aliphatic carbocycles. The van der Waals surface area contributed by atoms with Gasteiger partial charge in [0.25, 0.3) is 0 Å². The van der Waals surface area contributed by atoms with Gasteiger partial charge in [0, 0.05) is 24.5 Å². The molecule has 2 N–H and O–H groups in total. The second kappa shape index (κ2) is 4.71. The normalized spacial score (nSPS) is 20.4. The van der Waals surface area contributed by atoms with Crippen LogP contribution >= 0.6 is 0 Å². The molecule has 5 heteroatoms. The van der Waals surface area contributed by atoms with Gasteiger partial charge < -0.3 is 10.6 Å². The molecule has 1 aliphatic heterocycles. The Labute approximate surface area is 105 Å². The van der Waals surface area contributed by atoms with Crippen LogP contribution in [0.25, 0.3) is 0 Å². The van der Waals surface area contributed by atoms with Gasteiger partial charge in [0.05, 0.1) is 5.56 Å². The number of benzene rings is 1. The monoisotopic (exact) mass is 258 g/mol. The van der Waals surface area contributed by atoms with Crippen molar-refractivity contribution in [1.29, 1.82) is 0 Å². The number of anilines is 2. The molecule has 1 aliphatic rings. The van der Waals surface area contributed by atoms with E-state index in [1.807, 2.05) is 4.90 Å². The van der Waals surface area contributed by atoms with E-state index in [-0.39, 0.29) is 11.4 Å². The van der Waals surface area contributed by atoms with Crippen LogP contribution in [0.1, 0.15) is 25.3 Å². The Balaban J connectivity index is 2.33. The highest BCUT2D eigenvalue weighted by atomic mass is 19.4. The maximum atomic E-state index is 13.0. The molecule has 0 aromatic heterocycles. The summed E-state index contributed by atoms with van der Waals surface area (Å²) in [4.78, 5) is 1.82. The summed E-state index contributed by atoms with van der Waals surface area (Å²) >= 11 is 0. The van der Waals surface area contributed by atoms with Gasteiger partial charge in [-0.3, -0.25) is 0 Å². The van der Waals surface area contributed by atoms with Crippen molar-refractivity contribution in [1.82, 2.24) is 0 Å². The molecule has 2 rings (SSSR count). The summed E-state index contributed by atoms with van der Waals surface area (Å²) in [5.41, 5.74) is 5.24. The predicted molar refractivity (Wildman–Crippen MR) is 66.5 cm³/mol. The quantitative estimate of drug-likeness (QED) is 0.822. The molecule has 0 bridgehead atoms. The van der Waals surface area contributed by atoms with Gasteiger partial charge in [0.1, 0.15) is 0 Å². The zero-order valence-electron chi connectivity index (χ0n) is 10.3. The van der Waals surface area contributed by atoms with Crippen molar-refractivity contribution in [2.45, 2.75) is 25.9 Å². The first kappa shape index (κ1) is 13.1. The Bertz CT molecular complexity index is 429. The van der Waals surface area contributed by atoms with Gasteiger partial charge in [0.2, 0.25) is 0 Å². The second-order valence-electron chi connectivity index (χ2n) is 4.78. The molecule has 1 aromatic rings. The van der Waals surface area contributed by atoms with E-state index in [1.54, 1.807) is 0 Å². The molecule has 1 saturated heterocycles. The molecule has 0 amide bonds. The van der Waals surface area contributed by atoms with E-state index in [4.69, 9.17) is 5.73 Å². The number of nitrogens with zero attached hydrogens (tertiary/aromatic N) is 1. The number of nitrogens with two attached hydrogens (primary N) is 1. The van der Waals surface area contributed by atoms with E-state index in [9.17, 15) is 13.2 Å². The van der Waals surface area contributed by atoms with Crippen molar-refractivity contribution in [2.24, 2.45) is 5.92 Å². The predicted octanol–water partition coefficient (Wildman–Crippen LogP) is 3.52. The van der Waals surface area contributed by atoms with Gasteiger partial charge >= 0.3 is 6.18 Å². The topological polar surface area (TPSA) is 29.3 Å². The summed E-state index contributed by atoms with van der Waals surface area (Å²) in [6, 6.07) is 4.04. The third-order valence-corrected chi connectivity index (χ3v) is 3.53. The minimum absolute atomic E-state index is 0.150. The van der Waals surface area contributed by atoms with Gasteiger partial charge in [0.15, 0.2) is 0 Å². The zero-order valence-corrected chi connectivity index (χ0v) is 10.3. The minimum atomic E-state index is -4.35. The molecule has 0 radical (unpaired) electrons. The fourth-order valence-electron chi connectivity index (χ4n) is 2.44. The highest BCUT2D eigenvalue weighted by Gasteiger charge is 2.36. The molecule has 1 unspecified atom stereocenters. The summed E-state index contributed by atoms with van der Waals surface area (Å²) in [6.45, 7) is 3.46. The summed E-state index contributed by atoms with van der Waals surface area (Å²) in [5.74, 6) is 0.489. The Hall–Kier alpha value is -1.39. The van der Waals surface area contributed by atoms with Crippen LogP contribution in [0.5, 0.6) is 0 Å². The van der Waals surface area contributed by atoms with Crippen LogP contribution in [0.15, 0.2) is 18.2 Å². The Morgan fingerprint density at radius 1 is 1.39 bits per heavy atom. The van der Waals surface area contributed by atoms with Crippen LogP contribution in [-0.2, 0) is 6.18 Å². The van der Waals surface area contributed by atoms with Gasteiger partial charge in [-0.1, -0.05) is 13.3 Å². The fourth-order valence-corrected chi connectivity index (χ4v) is 2.44. The van der Waals surface area contributed by atoms with E-state index >= 15 is 0 Å². The summed E-state index contributed by atoms with van der Waals surface area (Å²) in [7, 11) is 0. The highest BCUT2D eigenvalue weighted by molar-refractivity contribution is 5.61. The van der Waals surface area contributed by atoms with E-state index in [0.717, 1.165) is 18.9 Å². The Morgan fingerprint density at radius 2 is 2.11 bits per heavy atom. The molecule has 0 saturated carbocycles. The number of nitrogen functional groups attached to an aromatic ring is 1. The van der Waals surface area contributed by atoms with Crippen LogP contribution < -0.4 is 10.6 Å². The number of halogens is 3. The third kappa shape index (κ3) is 2.54. The van der Waals surface area contributed by atoms with Gasteiger partial charge in [-0.05, 0) is 30.5 Å². The first-order valence-corrected chi connectivity index (χ1v) is 6.13. The van der Waals surface area contributed by atoms with Gasteiger partial charge in [-0.25, -0.2) is 0 Å². The Kier molecular flexibility index (Phi) is 3.41. The van der Waals surface area contributed by atoms with Crippen molar-refractivity contribution >= 4 is 11.4 Å². The molecular weight excluding hydrogens is 241 g/mol. The lowest BCUT2D eigenvalue weighted by Gasteiger charge is -2.23. The van der Waals surface area contributed by atoms with E-state index in [2.05, 4.69) is 6.92 Å². The van der Waals surface area contributed by atoms with E-state index in [0.29, 0.717) is 19.0 Å². The average molecular weight is 258 g/mol. The molecule has 1 atom stereocenters. The lowest BCUT2D eigenvalue weighted by Crippen LogP contribution is -2.23. The standard InChI is InChI=1S/C13H17F3N2/c1-2-9-5-6-18(8-9)12-4-3-10(17)7-11(12)13(14,15)16/h3-4,7,9H,2,5-6,8,17H2,1H3. The van der Waals surface area contributed by atoms with Crippen molar-refractivity contribution in [3.63, 3.8) is 0 Å². The van der Waals surface area contributed by atoms with Crippen LogP contribution in [0.4, 0.5) is 24.5 Å². The Morgan fingerprint density at radius 3 is 2.67 bits per heavy atom. The van der Waals surface area contributed by atoms with Crippen LogP contribution in [0.3, 0.4) is 0 Å². The summed E-state index contributed by atoms with van der Waals surface area (Å²) in [5, 5.41) is 0. The molecule has 1 fully saturated rings. The SMILES string of the molecule is CCC1CCN(c2ccc(N)cc2C(F)(F)F)C1. The average Bonchev–Trinajstić information content (AvgIpc) is 2.76. The van der Waals surface area contributed by atoms with Gasteiger partial charge in [-0.15, -0.1) is 0 Å². The number of hydrogen-bond acceptors (Lipinski definition) is 2. The molecular formula is C13H17F3N2. The number of hydrogen-bond donors (Lipinski definition) is 1. The fraction of sp³-hybridized carbons (Fsp3) is 0.538. The molecule has 1 aromatic carbocycles. The third-order valence-electron chi connectivity index (χ3n) is 3.53. The number of rotatable bonds is 2. The van der Waals surface area contributed by atoms with Crippen molar-refractivity contribution < 1.29 is 13.2 Å². The molecule has 1 heterocycles. The van der Waals surface area contributed by atoms with Gasteiger partial charge in [-0.2, -0.15) is 13.2 Å². The maximum absolute atomic E-state index is 13.0. The highest BCUT2D eigenvalue weighted by Crippen LogP contribution is 2.39. The van der Waals surface area contributed by atoms with Crippen LogP contribution in [-0.4, -0.2) is 13.1 Å². The van der Waals surface area contributed by atoms with Crippen molar-refractivity contribution in [2.75, 3.05) is 23.7 Å². The lowest BCUT2D eigenvalue weighted by atomic mass is 10.1. The zero-order chi connectivity index (χ0) is 13.3. The first-order valence-electron chi connectivity index (χ1n) is 6.13. The van der Waals surface area contributed by atoms with E-state index in [1.165, 1.54) is 12.1 Å². The van der Waals surface area contributed by atoms with Crippen molar-refractivity contribution in [3.05, 3.63) is 23.8 Å². The molecule has 100 valence electrons. The minimum Gasteiger partial charge on any atom is -0.399 e. The maximum Gasteiger partial charge on any atom is 0.418 e. The van der Waals surface area contributed by atoms with Crippen LogP contribution in [0.2, 0.25) is 0 Å². The molecule has 18 heavy (non-hydrogen) atoms. The van der Waals surface area contributed by atoms with Crippen molar-refractivity contribution in [3.8, 4) is 0 Å². The molecule has 2 nitrogen and oxygen atoms in total. The van der Waals surface area contributed by atoms with E-state index < -0.39 is 11.7 Å². The summed E-state index contributed by atoms with van der Waals surface area (Å²) in [6.07, 6.45) is -2.39. The van der Waals surface area contributed by atoms with Crippen LogP contribution in [0, 0.1) is 5.92 Å². The lowest BCUT2D eigenvalue weighted by molar-refractivity contribution is -0.137. The smallest absolute Gasteiger partial charge is 0.399 e. The molecule has 0 spiro atoms. The second-order valence-corrected chi connectivity index (χ2v) is 4.78. The largest absolute Gasteiger partial charge is 0.418 e.